The van der Waals surface area contributed by atoms with Crippen LogP contribution >= 0.6 is 0 Å². The second kappa shape index (κ2) is 7.41. The molecule has 1 aliphatic heterocycles. The Kier molecular flexibility index (Phi) is 5.07. The Hall–Kier alpha value is -2.45. The standard InChI is InChI=1S/C16H23N7O/c1-18-14-4-6-20-16(21-14)23-8-7-22(10-13(24)11-23)9-12-3-2-5-19-15(12)17/h2-6,13,24H,7-11H2,1H3,(H2,17,19)(H,18,20,21)/t13-/m0/s1. The normalized spacial score (nSPS) is 19.1. The van der Waals surface area contributed by atoms with Crippen LogP contribution in [-0.2, 0) is 6.54 Å². The Morgan fingerprint density at radius 1 is 1.25 bits per heavy atom. The maximum absolute atomic E-state index is 10.4. The number of aliphatic hydroxyl groups is 1. The second-order valence-electron chi connectivity index (χ2n) is 5.87. The number of hydrogen-bond donors (Lipinski definition) is 3. The number of nitrogens with two attached hydrogens (primary N) is 1. The number of pyridine rings is 1. The molecular weight excluding hydrogens is 306 g/mol. The summed E-state index contributed by atoms with van der Waals surface area (Å²) in [7, 11) is 1.82. The molecule has 3 rings (SSSR count). The first-order valence-corrected chi connectivity index (χ1v) is 8.01. The van der Waals surface area contributed by atoms with Gasteiger partial charge in [0.2, 0.25) is 5.95 Å². The predicted octanol–water partition coefficient (Wildman–Crippen LogP) is 0.179. The first-order chi connectivity index (χ1) is 11.7. The molecule has 128 valence electrons. The lowest BCUT2D eigenvalue weighted by Crippen LogP contribution is -2.34. The summed E-state index contributed by atoms with van der Waals surface area (Å²) in [6, 6.07) is 5.66. The van der Waals surface area contributed by atoms with E-state index in [0.29, 0.717) is 31.4 Å². The third kappa shape index (κ3) is 3.90. The van der Waals surface area contributed by atoms with E-state index in [4.69, 9.17) is 5.73 Å². The van der Waals surface area contributed by atoms with E-state index in [0.717, 1.165) is 24.5 Å². The number of aromatic nitrogens is 3. The van der Waals surface area contributed by atoms with Gasteiger partial charge in [-0.1, -0.05) is 6.07 Å². The van der Waals surface area contributed by atoms with Crippen molar-refractivity contribution in [2.75, 3.05) is 49.2 Å². The van der Waals surface area contributed by atoms with Crippen LogP contribution in [0, 0.1) is 0 Å². The summed E-state index contributed by atoms with van der Waals surface area (Å²) in [5.74, 6) is 1.93. The van der Waals surface area contributed by atoms with Gasteiger partial charge in [0.1, 0.15) is 11.6 Å². The highest BCUT2D eigenvalue weighted by Crippen LogP contribution is 2.16. The molecule has 1 atom stereocenters. The van der Waals surface area contributed by atoms with Gasteiger partial charge in [-0.05, 0) is 12.1 Å². The predicted molar refractivity (Wildman–Crippen MR) is 93.7 cm³/mol. The van der Waals surface area contributed by atoms with E-state index in [2.05, 4.69) is 25.2 Å². The number of aliphatic hydroxyl groups excluding tert-OH is 1. The topological polar surface area (TPSA) is 103 Å². The van der Waals surface area contributed by atoms with Gasteiger partial charge in [-0.25, -0.2) is 9.97 Å². The van der Waals surface area contributed by atoms with E-state index >= 15 is 0 Å². The highest BCUT2D eigenvalue weighted by molar-refractivity contribution is 5.41. The van der Waals surface area contributed by atoms with Crippen molar-refractivity contribution >= 4 is 17.6 Å². The zero-order valence-electron chi connectivity index (χ0n) is 13.8. The molecule has 4 N–H and O–H groups in total. The van der Waals surface area contributed by atoms with Gasteiger partial charge in [-0.15, -0.1) is 0 Å². The summed E-state index contributed by atoms with van der Waals surface area (Å²) in [5, 5.41) is 13.4. The molecule has 0 spiro atoms. The van der Waals surface area contributed by atoms with Gasteiger partial charge in [0.25, 0.3) is 0 Å². The maximum Gasteiger partial charge on any atom is 0.227 e. The van der Waals surface area contributed by atoms with E-state index in [9.17, 15) is 5.11 Å². The monoisotopic (exact) mass is 329 g/mol. The summed E-state index contributed by atoms with van der Waals surface area (Å²) >= 11 is 0. The molecule has 0 saturated carbocycles. The number of β-amino-alcohol motifs (C(OH)–C–C–N with tert-alkyl or cyclic N) is 1. The van der Waals surface area contributed by atoms with E-state index in [1.807, 2.05) is 30.1 Å². The number of hydrogen-bond acceptors (Lipinski definition) is 8. The number of nitrogens with zero attached hydrogens (tertiary/aromatic N) is 5. The van der Waals surface area contributed by atoms with E-state index < -0.39 is 6.10 Å². The molecule has 2 aromatic rings. The molecule has 8 heteroatoms. The third-order valence-electron chi connectivity index (χ3n) is 4.09. The van der Waals surface area contributed by atoms with Gasteiger partial charge >= 0.3 is 0 Å². The van der Waals surface area contributed by atoms with Crippen LogP contribution in [0.5, 0.6) is 0 Å². The average molecular weight is 329 g/mol. The molecule has 0 aromatic carbocycles. The molecule has 3 heterocycles. The van der Waals surface area contributed by atoms with Crippen molar-refractivity contribution in [2.45, 2.75) is 12.6 Å². The van der Waals surface area contributed by atoms with Gasteiger partial charge in [-0.2, -0.15) is 4.98 Å². The van der Waals surface area contributed by atoms with Crippen LogP contribution in [0.1, 0.15) is 5.56 Å². The Bertz CT molecular complexity index is 681. The fraction of sp³-hybridized carbons (Fsp3) is 0.438. The second-order valence-corrected chi connectivity index (χ2v) is 5.87. The minimum atomic E-state index is -0.479. The zero-order chi connectivity index (χ0) is 16.9. The molecule has 0 radical (unpaired) electrons. The maximum atomic E-state index is 10.4. The zero-order valence-corrected chi connectivity index (χ0v) is 13.8. The van der Waals surface area contributed by atoms with Crippen molar-refractivity contribution in [1.82, 2.24) is 19.9 Å². The van der Waals surface area contributed by atoms with Crippen molar-refractivity contribution < 1.29 is 5.11 Å². The SMILES string of the molecule is CNc1ccnc(N2CCN(Cc3cccnc3N)C[C@H](O)C2)n1. The summed E-state index contributed by atoms with van der Waals surface area (Å²) in [6.45, 7) is 3.29. The Balaban J connectivity index is 1.70. The van der Waals surface area contributed by atoms with Crippen molar-refractivity contribution in [1.29, 1.82) is 0 Å². The molecule has 1 aliphatic rings. The molecule has 1 saturated heterocycles. The van der Waals surface area contributed by atoms with Crippen LogP contribution in [0.25, 0.3) is 0 Å². The van der Waals surface area contributed by atoms with Crippen LogP contribution in [0.15, 0.2) is 30.6 Å². The Morgan fingerprint density at radius 3 is 2.92 bits per heavy atom. The van der Waals surface area contributed by atoms with Crippen LogP contribution < -0.4 is 16.0 Å². The highest BCUT2D eigenvalue weighted by Gasteiger charge is 2.23. The van der Waals surface area contributed by atoms with E-state index in [1.54, 1.807) is 12.4 Å². The molecule has 24 heavy (non-hydrogen) atoms. The minimum absolute atomic E-state index is 0.479. The molecule has 8 nitrogen and oxygen atoms in total. The van der Waals surface area contributed by atoms with Crippen LogP contribution in [0.2, 0.25) is 0 Å². The van der Waals surface area contributed by atoms with Gasteiger partial charge < -0.3 is 21.1 Å². The summed E-state index contributed by atoms with van der Waals surface area (Å²) in [4.78, 5) is 17.1. The lowest BCUT2D eigenvalue weighted by Gasteiger charge is -2.22. The van der Waals surface area contributed by atoms with Crippen LogP contribution in [-0.4, -0.2) is 64.3 Å². The average Bonchev–Trinajstić information content (AvgIpc) is 2.78. The van der Waals surface area contributed by atoms with Gasteiger partial charge in [0, 0.05) is 57.7 Å². The first kappa shape index (κ1) is 16.4. The van der Waals surface area contributed by atoms with Crippen molar-refractivity contribution in [2.24, 2.45) is 0 Å². The van der Waals surface area contributed by atoms with E-state index in [1.165, 1.54) is 0 Å². The summed E-state index contributed by atoms with van der Waals surface area (Å²) in [6.07, 6.45) is 2.93. The number of nitrogens with one attached hydrogen (secondary N) is 1. The Labute approximate surface area is 141 Å². The van der Waals surface area contributed by atoms with Gasteiger partial charge in [-0.3, -0.25) is 4.90 Å². The molecule has 0 unspecified atom stereocenters. The fourth-order valence-electron chi connectivity index (χ4n) is 2.85. The number of rotatable bonds is 4. The fourth-order valence-corrected chi connectivity index (χ4v) is 2.85. The van der Waals surface area contributed by atoms with Crippen molar-refractivity contribution in [3.05, 3.63) is 36.2 Å². The van der Waals surface area contributed by atoms with E-state index in [-0.39, 0.29) is 0 Å². The molecule has 2 aromatic heterocycles. The largest absolute Gasteiger partial charge is 0.390 e. The minimum Gasteiger partial charge on any atom is -0.390 e. The molecular formula is C16H23N7O. The molecule has 0 aliphatic carbocycles. The third-order valence-corrected chi connectivity index (χ3v) is 4.09. The van der Waals surface area contributed by atoms with Crippen LogP contribution in [0.3, 0.4) is 0 Å². The Morgan fingerprint density at radius 2 is 2.12 bits per heavy atom. The quantitative estimate of drug-likeness (QED) is 0.730. The highest BCUT2D eigenvalue weighted by atomic mass is 16.3. The first-order valence-electron chi connectivity index (χ1n) is 8.01. The lowest BCUT2D eigenvalue weighted by molar-refractivity contribution is 0.129. The van der Waals surface area contributed by atoms with Crippen LogP contribution in [0.4, 0.5) is 17.6 Å². The smallest absolute Gasteiger partial charge is 0.227 e. The number of nitrogen functional groups attached to an aromatic ring is 1. The number of anilines is 3. The molecule has 1 fully saturated rings. The van der Waals surface area contributed by atoms with Gasteiger partial charge in [0.05, 0.1) is 6.10 Å². The van der Waals surface area contributed by atoms with Gasteiger partial charge in [0.15, 0.2) is 0 Å². The summed E-state index contributed by atoms with van der Waals surface area (Å²) < 4.78 is 0. The lowest BCUT2D eigenvalue weighted by atomic mass is 10.2. The van der Waals surface area contributed by atoms with Crippen molar-refractivity contribution in [3.8, 4) is 0 Å². The molecule has 0 amide bonds. The molecule has 0 bridgehead atoms. The summed E-state index contributed by atoms with van der Waals surface area (Å²) in [5.41, 5.74) is 6.90. The van der Waals surface area contributed by atoms with Crippen molar-refractivity contribution in [3.63, 3.8) is 0 Å².